The molecule has 2 aromatic rings. The van der Waals surface area contributed by atoms with E-state index in [2.05, 4.69) is 15.5 Å². The second-order valence-electron chi connectivity index (χ2n) is 9.37. The number of likely N-dealkylation sites (tertiary alicyclic amines) is 1. The van der Waals surface area contributed by atoms with Gasteiger partial charge in [-0.3, -0.25) is 0 Å². The molecule has 0 spiro atoms. The highest BCUT2D eigenvalue weighted by Gasteiger charge is 2.43. The molecule has 1 aliphatic carbocycles. The third kappa shape index (κ3) is 5.16. The Labute approximate surface area is 203 Å². The molecule has 10 heteroatoms. The minimum absolute atomic E-state index is 0.0375. The highest BCUT2D eigenvalue weighted by atomic mass is 35.5. The maximum atomic E-state index is 13.9. The van der Waals surface area contributed by atoms with Crippen molar-refractivity contribution in [2.75, 3.05) is 38.1 Å². The number of anilines is 1. The normalized spacial score (nSPS) is 27.4. The van der Waals surface area contributed by atoms with E-state index in [9.17, 15) is 17.6 Å². The average Bonchev–Trinajstić information content (AvgIpc) is 3.40. The molecule has 1 aromatic heterocycles. The first-order valence-corrected chi connectivity index (χ1v) is 11.9. The van der Waals surface area contributed by atoms with Crippen LogP contribution in [0.15, 0.2) is 24.3 Å². The second-order valence-corrected chi connectivity index (χ2v) is 9.77. The van der Waals surface area contributed by atoms with E-state index in [1.54, 1.807) is 0 Å². The van der Waals surface area contributed by atoms with Gasteiger partial charge in [0.15, 0.2) is 5.82 Å². The first-order chi connectivity index (χ1) is 17.0. The molecule has 184 valence electrons. The van der Waals surface area contributed by atoms with Gasteiger partial charge in [0.1, 0.15) is 11.4 Å². The fourth-order valence-electron chi connectivity index (χ4n) is 5.34. The van der Waals surface area contributed by atoms with Crippen LogP contribution < -0.4 is 5.32 Å². The van der Waals surface area contributed by atoms with Crippen molar-refractivity contribution in [1.82, 2.24) is 15.1 Å². The molecule has 1 unspecified atom stereocenters. The lowest BCUT2D eigenvalue weighted by Gasteiger charge is -2.28. The molecule has 1 N–H and O–H groups in total. The molecule has 0 bridgehead atoms. The summed E-state index contributed by atoms with van der Waals surface area (Å²) in [4.78, 5) is 1.91. The number of hydrogen-bond acceptors (Lipinski definition) is 5. The Morgan fingerprint density at radius 1 is 1.12 bits per heavy atom. The van der Waals surface area contributed by atoms with Gasteiger partial charge >= 0.3 is 6.18 Å². The number of halogens is 5. The summed E-state index contributed by atoms with van der Waals surface area (Å²) in [7, 11) is 0. The largest absolute Gasteiger partial charge is 0.420 e. The van der Waals surface area contributed by atoms with Crippen LogP contribution in [0.1, 0.15) is 34.0 Å². The predicted octanol–water partition coefficient (Wildman–Crippen LogP) is 5.50. The Bertz CT molecular complexity index is 1100. The Balaban J connectivity index is 1.29. The van der Waals surface area contributed by atoms with Gasteiger partial charge in [0.25, 0.3) is 0 Å². The Morgan fingerprint density at radius 3 is 2.50 bits per heavy atom. The fourth-order valence-corrected chi connectivity index (χ4v) is 5.56. The van der Waals surface area contributed by atoms with Gasteiger partial charge in [-0.05, 0) is 67.7 Å². The average molecular weight is 501 g/mol. The summed E-state index contributed by atoms with van der Waals surface area (Å²) < 4.78 is 78.2. The zero-order valence-electron chi connectivity index (χ0n) is 20.4. The number of fused-ring (bicyclic) bond motifs is 1. The lowest BCUT2D eigenvalue weighted by molar-refractivity contribution is -0.137. The number of rotatable bonds is 5. The van der Waals surface area contributed by atoms with Crippen LogP contribution in [0.5, 0.6) is 0 Å². The molecule has 5 nitrogen and oxygen atoms in total. The standard InChI is InChI=1S/C24H27ClF4N4O/c25-21-2-1-17(26)9-19(21)22-10-20(24(27,28)29)23(32-31-22)30-18-7-15-12-33(13-16(15)8-18)11-14-3-5-34-6-4-14/h1-2,9-10,14-16,18H,3-8,11-13H2,(H,30,32)/t15-,16+,18?/i11D2. The highest BCUT2D eigenvalue weighted by molar-refractivity contribution is 6.33. The summed E-state index contributed by atoms with van der Waals surface area (Å²) in [6.45, 7) is 0.900. The van der Waals surface area contributed by atoms with E-state index >= 15 is 0 Å². The number of ether oxygens (including phenoxy) is 1. The van der Waals surface area contributed by atoms with Gasteiger partial charge in [0, 0.05) is 47.1 Å². The maximum absolute atomic E-state index is 13.9. The van der Waals surface area contributed by atoms with Crippen molar-refractivity contribution in [3.05, 3.63) is 40.7 Å². The first kappa shape index (κ1) is 21.3. The van der Waals surface area contributed by atoms with Gasteiger partial charge in [-0.1, -0.05) is 11.6 Å². The first-order valence-electron chi connectivity index (χ1n) is 12.5. The molecule has 1 aromatic carbocycles. The number of hydrogen-bond donors (Lipinski definition) is 1. The van der Waals surface area contributed by atoms with E-state index in [1.165, 1.54) is 6.07 Å². The third-order valence-electron chi connectivity index (χ3n) is 6.98. The Morgan fingerprint density at radius 2 is 1.82 bits per heavy atom. The van der Waals surface area contributed by atoms with Crippen LogP contribution in [0.3, 0.4) is 0 Å². The van der Waals surface area contributed by atoms with Gasteiger partial charge in [0.2, 0.25) is 0 Å². The van der Waals surface area contributed by atoms with Crippen molar-refractivity contribution in [2.24, 2.45) is 17.8 Å². The number of benzene rings is 1. The summed E-state index contributed by atoms with van der Waals surface area (Å²) in [6.07, 6.45) is -2.06. The Kier molecular flexibility index (Phi) is 6.01. The predicted molar refractivity (Wildman–Crippen MR) is 121 cm³/mol. The van der Waals surface area contributed by atoms with E-state index in [4.69, 9.17) is 19.1 Å². The molecule has 1 saturated carbocycles. The fraction of sp³-hybridized carbons (Fsp3) is 0.583. The van der Waals surface area contributed by atoms with Crippen molar-refractivity contribution in [2.45, 2.75) is 37.9 Å². The van der Waals surface area contributed by atoms with Crippen LogP contribution in [-0.2, 0) is 10.9 Å². The molecule has 2 saturated heterocycles. The summed E-state index contributed by atoms with van der Waals surface area (Å²) in [5, 5.41) is 10.7. The zero-order chi connectivity index (χ0) is 25.7. The number of nitrogens with one attached hydrogen (secondary N) is 1. The van der Waals surface area contributed by atoms with E-state index in [-0.39, 0.29) is 45.9 Å². The van der Waals surface area contributed by atoms with Crippen LogP contribution in [0.2, 0.25) is 5.02 Å². The lowest BCUT2D eigenvalue weighted by Crippen LogP contribution is -2.32. The summed E-state index contributed by atoms with van der Waals surface area (Å²) in [6, 6.07) is 4.03. The SMILES string of the molecule is [2H]C([2H])(C1CCOCC1)N1C[C@H]2CC(Nc3nnc(-c4cc(F)ccc4Cl)cc3C(F)(F)F)C[C@H]2C1. The molecule has 0 amide bonds. The van der Waals surface area contributed by atoms with Crippen molar-refractivity contribution in [1.29, 1.82) is 0 Å². The van der Waals surface area contributed by atoms with Crippen molar-refractivity contribution in [3.63, 3.8) is 0 Å². The van der Waals surface area contributed by atoms with Crippen molar-refractivity contribution >= 4 is 17.4 Å². The molecule has 2 aliphatic heterocycles. The van der Waals surface area contributed by atoms with E-state index in [1.807, 2.05) is 4.90 Å². The van der Waals surface area contributed by atoms with Crippen molar-refractivity contribution < 1.29 is 25.0 Å². The van der Waals surface area contributed by atoms with E-state index < -0.39 is 24.1 Å². The monoisotopic (exact) mass is 500 g/mol. The lowest BCUT2D eigenvalue weighted by atomic mass is 10.00. The minimum Gasteiger partial charge on any atom is -0.381 e. The molecule has 5 rings (SSSR count). The molecule has 3 fully saturated rings. The van der Waals surface area contributed by atoms with Gasteiger partial charge in [0.05, 0.1) is 10.7 Å². The molecule has 3 heterocycles. The van der Waals surface area contributed by atoms with Crippen molar-refractivity contribution in [3.8, 4) is 11.3 Å². The molecule has 34 heavy (non-hydrogen) atoms. The molecular weight excluding hydrogens is 472 g/mol. The van der Waals surface area contributed by atoms with Crippen LogP contribution in [0.4, 0.5) is 23.4 Å². The van der Waals surface area contributed by atoms with Gasteiger partial charge < -0.3 is 15.0 Å². The molecular formula is C24H27ClF4N4O. The van der Waals surface area contributed by atoms with E-state index in [0.29, 0.717) is 52.0 Å². The topological polar surface area (TPSA) is 50.3 Å². The zero-order valence-corrected chi connectivity index (χ0v) is 19.2. The maximum Gasteiger partial charge on any atom is 0.420 e. The van der Waals surface area contributed by atoms with Gasteiger partial charge in [-0.25, -0.2) is 4.39 Å². The van der Waals surface area contributed by atoms with Crippen LogP contribution >= 0.6 is 11.6 Å². The molecule has 3 atom stereocenters. The molecule has 3 aliphatic rings. The summed E-state index contributed by atoms with van der Waals surface area (Å²) >= 11 is 6.05. The van der Waals surface area contributed by atoms with E-state index in [0.717, 1.165) is 18.2 Å². The number of alkyl halides is 3. The number of nitrogens with zero attached hydrogens (tertiary/aromatic N) is 3. The van der Waals surface area contributed by atoms with Gasteiger partial charge in [-0.15, -0.1) is 10.2 Å². The third-order valence-corrected chi connectivity index (χ3v) is 7.31. The quantitative estimate of drug-likeness (QED) is 0.549. The number of aromatic nitrogens is 2. The molecule has 0 radical (unpaired) electrons. The smallest absolute Gasteiger partial charge is 0.381 e. The highest BCUT2D eigenvalue weighted by Crippen LogP contribution is 2.42. The second kappa shape index (κ2) is 9.59. The summed E-state index contributed by atoms with van der Waals surface area (Å²) in [5.74, 6) is -0.679. The van der Waals surface area contributed by atoms with Crippen LogP contribution in [0, 0.1) is 23.6 Å². The van der Waals surface area contributed by atoms with Crippen LogP contribution in [-0.4, -0.2) is 53.9 Å². The minimum atomic E-state index is -4.70. The van der Waals surface area contributed by atoms with Gasteiger partial charge in [-0.2, -0.15) is 13.2 Å². The summed E-state index contributed by atoms with van der Waals surface area (Å²) in [5.41, 5.74) is -1.11. The van der Waals surface area contributed by atoms with Crippen LogP contribution in [0.25, 0.3) is 11.3 Å². The Hall–Kier alpha value is -1.97.